The Kier molecular flexibility index (Phi) is 6.35. The second kappa shape index (κ2) is 9.34. The summed E-state index contributed by atoms with van der Waals surface area (Å²) in [5, 5.41) is 21.9. The van der Waals surface area contributed by atoms with E-state index in [1.54, 1.807) is 11.4 Å². The summed E-state index contributed by atoms with van der Waals surface area (Å²) in [4.78, 5) is 27.5. The van der Waals surface area contributed by atoms with Gasteiger partial charge < -0.3 is 10.6 Å². The number of nitrogens with one attached hydrogen (secondary N) is 2. The topological polar surface area (TPSA) is 103 Å². The highest BCUT2D eigenvalue weighted by atomic mass is 32.1. The predicted octanol–water partition coefficient (Wildman–Crippen LogP) is 2.92. The second-order valence-electron chi connectivity index (χ2n) is 7.63. The van der Waals surface area contributed by atoms with Crippen LogP contribution in [0.5, 0.6) is 0 Å². The van der Waals surface area contributed by atoms with Gasteiger partial charge in [-0.1, -0.05) is 18.2 Å². The van der Waals surface area contributed by atoms with Gasteiger partial charge in [0.25, 0.3) is 0 Å². The van der Waals surface area contributed by atoms with Gasteiger partial charge in [-0.2, -0.15) is 10.4 Å². The molecule has 164 valence electrons. The maximum absolute atomic E-state index is 12.9. The van der Waals surface area contributed by atoms with Crippen molar-refractivity contribution in [3.05, 3.63) is 64.3 Å². The number of aryl methyl sites for hydroxylation is 1. The first-order chi connectivity index (χ1) is 15.5. The summed E-state index contributed by atoms with van der Waals surface area (Å²) in [7, 11) is 0. The van der Waals surface area contributed by atoms with Crippen molar-refractivity contribution in [3.63, 3.8) is 0 Å². The number of carbonyl (C=O) groups is 2. The van der Waals surface area contributed by atoms with E-state index in [1.807, 2.05) is 53.8 Å². The number of hydrogen-bond acceptors (Lipinski definition) is 6. The van der Waals surface area contributed by atoms with Gasteiger partial charge in [0.05, 0.1) is 16.9 Å². The third-order valence-electron chi connectivity index (χ3n) is 5.60. The van der Waals surface area contributed by atoms with Gasteiger partial charge in [0.15, 0.2) is 0 Å². The maximum atomic E-state index is 12.9. The number of anilines is 1. The van der Waals surface area contributed by atoms with Crippen LogP contribution in [0.1, 0.15) is 35.0 Å². The Labute approximate surface area is 190 Å². The summed E-state index contributed by atoms with van der Waals surface area (Å²) < 4.78 is 1.86. The number of carbonyl (C=O) groups excluding carboxylic acids is 2. The van der Waals surface area contributed by atoms with Crippen LogP contribution in [0.25, 0.3) is 5.69 Å². The lowest BCUT2D eigenvalue weighted by Crippen LogP contribution is -2.50. The molecule has 8 nitrogen and oxygen atoms in total. The van der Waals surface area contributed by atoms with Gasteiger partial charge >= 0.3 is 0 Å². The van der Waals surface area contributed by atoms with E-state index in [4.69, 9.17) is 10.4 Å². The molecule has 1 saturated heterocycles. The molecule has 3 heterocycles. The highest BCUT2D eigenvalue weighted by molar-refractivity contribution is 7.14. The molecule has 4 rings (SSSR count). The molecule has 0 bridgehead atoms. The van der Waals surface area contributed by atoms with E-state index in [0.717, 1.165) is 22.6 Å². The van der Waals surface area contributed by atoms with Gasteiger partial charge in [0.1, 0.15) is 17.1 Å². The van der Waals surface area contributed by atoms with Crippen LogP contribution in [-0.4, -0.2) is 46.1 Å². The molecule has 32 heavy (non-hydrogen) atoms. The maximum Gasteiger partial charge on any atom is 0.242 e. The van der Waals surface area contributed by atoms with E-state index in [-0.39, 0.29) is 18.2 Å². The van der Waals surface area contributed by atoms with E-state index in [9.17, 15) is 9.59 Å². The SMILES string of the molecule is Cc1nn(-c2ccccc2)c(C)c1C1C(=O)NCCN1CCC(=O)Nc1sccc1C#N. The monoisotopic (exact) mass is 448 g/mol. The number of thiophene rings is 1. The molecule has 0 radical (unpaired) electrons. The largest absolute Gasteiger partial charge is 0.353 e. The number of benzene rings is 1. The van der Waals surface area contributed by atoms with Crippen molar-refractivity contribution in [3.8, 4) is 11.8 Å². The fourth-order valence-corrected chi connectivity index (χ4v) is 4.82. The Bertz CT molecular complexity index is 1180. The molecule has 0 spiro atoms. The zero-order valence-corrected chi connectivity index (χ0v) is 18.8. The molecule has 2 amide bonds. The number of aromatic nitrogens is 2. The summed E-state index contributed by atoms with van der Waals surface area (Å²) in [5.41, 5.74) is 3.96. The lowest BCUT2D eigenvalue weighted by molar-refractivity contribution is -0.130. The van der Waals surface area contributed by atoms with Gasteiger partial charge in [-0.15, -0.1) is 11.3 Å². The van der Waals surface area contributed by atoms with Gasteiger partial charge in [-0.05, 0) is 37.4 Å². The summed E-state index contributed by atoms with van der Waals surface area (Å²) in [6.45, 7) is 5.48. The molecule has 9 heteroatoms. The molecule has 1 aromatic carbocycles. The van der Waals surface area contributed by atoms with Crippen molar-refractivity contribution in [1.29, 1.82) is 5.26 Å². The van der Waals surface area contributed by atoms with Gasteiger partial charge in [0, 0.05) is 37.3 Å². The van der Waals surface area contributed by atoms with Gasteiger partial charge in [-0.25, -0.2) is 4.68 Å². The van der Waals surface area contributed by atoms with Crippen molar-refractivity contribution in [1.82, 2.24) is 20.0 Å². The number of hydrogen-bond donors (Lipinski definition) is 2. The van der Waals surface area contributed by atoms with Crippen molar-refractivity contribution >= 4 is 28.2 Å². The first-order valence-corrected chi connectivity index (χ1v) is 11.3. The molecule has 0 aliphatic carbocycles. The van der Waals surface area contributed by atoms with Crippen LogP contribution in [0.4, 0.5) is 5.00 Å². The Morgan fingerprint density at radius 1 is 1.31 bits per heavy atom. The average Bonchev–Trinajstić information content (AvgIpc) is 3.36. The summed E-state index contributed by atoms with van der Waals surface area (Å²) in [6.07, 6.45) is 0.220. The Morgan fingerprint density at radius 3 is 2.84 bits per heavy atom. The minimum Gasteiger partial charge on any atom is -0.353 e. The first kappa shape index (κ1) is 21.7. The molecule has 1 unspecified atom stereocenters. The number of piperazine rings is 1. The molecular weight excluding hydrogens is 424 g/mol. The summed E-state index contributed by atoms with van der Waals surface area (Å²) in [5.74, 6) is -0.261. The zero-order valence-electron chi connectivity index (χ0n) is 18.0. The standard InChI is InChI=1S/C23H24N6O2S/c1-15-20(16(2)29(27-15)18-6-4-3-5-7-18)21-22(31)25-10-12-28(21)11-8-19(30)26-23-17(14-24)9-13-32-23/h3-7,9,13,21H,8,10-12H2,1-2H3,(H,25,31)(H,26,30). The molecule has 3 aromatic rings. The van der Waals surface area contributed by atoms with Crippen LogP contribution < -0.4 is 10.6 Å². The third kappa shape index (κ3) is 4.28. The fraction of sp³-hybridized carbons (Fsp3) is 0.304. The molecule has 0 saturated carbocycles. The lowest BCUT2D eigenvalue weighted by atomic mass is 10.00. The molecule has 1 aliphatic heterocycles. The van der Waals surface area contributed by atoms with Crippen molar-refractivity contribution in [2.45, 2.75) is 26.3 Å². The van der Waals surface area contributed by atoms with Gasteiger partial charge in [0.2, 0.25) is 11.8 Å². The Hall–Kier alpha value is -3.48. The summed E-state index contributed by atoms with van der Waals surface area (Å²) in [6, 6.07) is 13.1. The van der Waals surface area contributed by atoms with E-state index in [0.29, 0.717) is 30.2 Å². The van der Waals surface area contributed by atoms with E-state index < -0.39 is 6.04 Å². The average molecular weight is 449 g/mol. The molecule has 2 N–H and O–H groups in total. The minimum absolute atomic E-state index is 0.0829. The van der Waals surface area contributed by atoms with Crippen LogP contribution in [-0.2, 0) is 9.59 Å². The van der Waals surface area contributed by atoms with Crippen LogP contribution in [0, 0.1) is 25.2 Å². The number of para-hydroxylation sites is 1. The normalized spacial score (nSPS) is 16.4. The quantitative estimate of drug-likeness (QED) is 0.604. The highest BCUT2D eigenvalue weighted by Gasteiger charge is 2.35. The second-order valence-corrected chi connectivity index (χ2v) is 8.55. The molecule has 1 atom stereocenters. The van der Waals surface area contributed by atoms with E-state index in [1.165, 1.54) is 11.3 Å². The lowest BCUT2D eigenvalue weighted by Gasteiger charge is -2.35. The molecule has 2 aromatic heterocycles. The molecule has 1 aliphatic rings. The minimum atomic E-state index is -0.509. The van der Waals surface area contributed by atoms with E-state index >= 15 is 0 Å². The molecule has 1 fully saturated rings. The van der Waals surface area contributed by atoms with Crippen molar-refractivity contribution in [2.24, 2.45) is 0 Å². The summed E-state index contributed by atoms with van der Waals surface area (Å²) >= 11 is 1.32. The smallest absolute Gasteiger partial charge is 0.242 e. The molecular formula is C23H24N6O2S. The third-order valence-corrected chi connectivity index (χ3v) is 6.43. The van der Waals surface area contributed by atoms with Crippen LogP contribution in [0.15, 0.2) is 41.8 Å². The highest BCUT2D eigenvalue weighted by Crippen LogP contribution is 2.30. The van der Waals surface area contributed by atoms with Crippen LogP contribution in [0.2, 0.25) is 0 Å². The Balaban J connectivity index is 1.54. The van der Waals surface area contributed by atoms with Crippen molar-refractivity contribution in [2.75, 3.05) is 25.0 Å². The van der Waals surface area contributed by atoms with E-state index in [2.05, 4.69) is 16.7 Å². The predicted molar refractivity (Wildman–Crippen MR) is 123 cm³/mol. The number of nitriles is 1. The van der Waals surface area contributed by atoms with Gasteiger partial charge in [-0.3, -0.25) is 14.5 Å². The van der Waals surface area contributed by atoms with Crippen LogP contribution >= 0.6 is 11.3 Å². The number of amides is 2. The zero-order chi connectivity index (χ0) is 22.7. The number of nitrogens with zero attached hydrogens (tertiary/aromatic N) is 4. The Morgan fingerprint density at radius 2 is 2.09 bits per heavy atom. The van der Waals surface area contributed by atoms with Crippen molar-refractivity contribution < 1.29 is 9.59 Å². The first-order valence-electron chi connectivity index (χ1n) is 10.4. The van der Waals surface area contributed by atoms with Crippen LogP contribution in [0.3, 0.4) is 0 Å². The fourth-order valence-electron chi connectivity index (χ4n) is 4.07. The number of rotatable bonds is 6.